The van der Waals surface area contributed by atoms with Gasteiger partial charge in [0, 0.05) is 19.2 Å². The molecule has 22 heavy (non-hydrogen) atoms. The summed E-state index contributed by atoms with van der Waals surface area (Å²) < 4.78 is 0. The summed E-state index contributed by atoms with van der Waals surface area (Å²) >= 11 is 0. The molecule has 0 bridgehead atoms. The Morgan fingerprint density at radius 3 is 2.55 bits per heavy atom. The normalized spacial score (nSPS) is 16.6. The molecular weight excluding hydrogens is 276 g/mol. The summed E-state index contributed by atoms with van der Waals surface area (Å²) in [5.41, 5.74) is 2.89. The van der Waals surface area contributed by atoms with Crippen molar-refractivity contribution >= 4 is 17.5 Å². The van der Waals surface area contributed by atoms with Gasteiger partial charge in [-0.15, -0.1) is 0 Å². The van der Waals surface area contributed by atoms with Crippen LogP contribution in [-0.4, -0.2) is 30.3 Å². The highest BCUT2D eigenvalue weighted by Crippen LogP contribution is 2.21. The maximum atomic E-state index is 12.1. The topological polar surface area (TPSA) is 49.4 Å². The van der Waals surface area contributed by atoms with Crippen LogP contribution in [0.2, 0.25) is 0 Å². The lowest BCUT2D eigenvalue weighted by Crippen LogP contribution is -2.35. The summed E-state index contributed by atoms with van der Waals surface area (Å²) in [4.78, 5) is 25.8. The van der Waals surface area contributed by atoms with Gasteiger partial charge in [-0.3, -0.25) is 9.59 Å². The van der Waals surface area contributed by atoms with Crippen LogP contribution in [0, 0.1) is 19.8 Å². The lowest BCUT2D eigenvalue weighted by molar-refractivity contribution is -0.133. The number of allylic oxidation sites excluding steroid dienone is 2. The molecule has 2 rings (SSSR count). The zero-order chi connectivity index (χ0) is 16.1. The molecule has 0 aliphatic heterocycles. The lowest BCUT2D eigenvalue weighted by atomic mass is 10.0. The Labute approximate surface area is 132 Å². The quantitative estimate of drug-likeness (QED) is 0.850. The monoisotopic (exact) mass is 300 g/mol. The van der Waals surface area contributed by atoms with Gasteiger partial charge in [0.25, 0.3) is 0 Å². The number of likely N-dealkylation sites (N-methyl/N-ethyl adjacent to an activating group) is 1. The molecule has 0 spiro atoms. The van der Waals surface area contributed by atoms with Crippen molar-refractivity contribution in [3.8, 4) is 0 Å². The molecule has 1 aromatic rings. The van der Waals surface area contributed by atoms with E-state index in [1.165, 1.54) is 4.90 Å². The predicted octanol–water partition coefficient (Wildman–Crippen LogP) is 3.06. The highest BCUT2D eigenvalue weighted by Gasteiger charge is 2.19. The fourth-order valence-electron chi connectivity index (χ4n) is 2.74. The number of anilines is 1. The molecule has 118 valence electrons. The van der Waals surface area contributed by atoms with Crippen LogP contribution in [0.1, 0.15) is 30.4 Å². The Balaban J connectivity index is 1.88. The summed E-state index contributed by atoms with van der Waals surface area (Å²) in [5.74, 6) is 0.194. The van der Waals surface area contributed by atoms with E-state index in [0.29, 0.717) is 12.3 Å². The summed E-state index contributed by atoms with van der Waals surface area (Å²) in [6.45, 7) is 4.01. The standard InChI is InChI=1S/C18H24N2O2/c1-13-7-6-8-14(2)18(13)19-16(21)12-20(3)17(22)11-15-9-4-5-10-15/h4,6-9,15H,5,10-12H2,1-3H3,(H,19,21)/t15-/m1/s1. The van der Waals surface area contributed by atoms with Gasteiger partial charge in [-0.05, 0) is 43.7 Å². The second-order valence-corrected chi connectivity index (χ2v) is 6.03. The van der Waals surface area contributed by atoms with Crippen LogP contribution in [0.5, 0.6) is 0 Å². The second kappa shape index (κ2) is 7.25. The van der Waals surface area contributed by atoms with Gasteiger partial charge in [0.15, 0.2) is 0 Å². The molecule has 0 aromatic heterocycles. The van der Waals surface area contributed by atoms with Gasteiger partial charge in [0.1, 0.15) is 0 Å². The third-order valence-corrected chi connectivity index (χ3v) is 4.10. The van der Waals surface area contributed by atoms with E-state index in [4.69, 9.17) is 0 Å². The molecule has 4 nitrogen and oxygen atoms in total. The molecule has 0 saturated carbocycles. The van der Waals surface area contributed by atoms with E-state index in [1.54, 1.807) is 7.05 Å². The van der Waals surface area contributed by atoms with Gasteiger partial charge >= 0.3 is 0 Å². The molecule has 1 aromatic carbocycles. The van der Waals surface area contributed by atoms with Gasteiger partial charge in [-0.2, -0.15) is 0 Å². The molecular formula is C18H24N2O2. The number of benzene rings is 1. The van der Waals surface area contributed by atoms with E-state index >= 15 is 0 Å². The molecule has 0 radical (unpaired) electrons. The van der Waals surface area contributed by atoms with Gasteiger partial charge in [0.05, 0.1) is 6.54 Å². The zero-order valence-electron chi connectivity index (χ0n) is 13.6. The maximum Gasteiger partial charge on any atom is 0.243 e. The van der Waals surface area contributed by atoms with Crippen LogP contribution in [0.3, 0.4) is 0 Å². The average Bonchev–Trinajstić information content (AvgIpc) is 2.96. The number of nitrogens with zero attached hydrogens (tertiary/aromatic N) is 1. The number of nitrogens with one attached hydrogen (secondary N) is 1. The Hall–Kier alpha value is -2.10. The Bertz CT molecular complexity index is 572. The molecule has 1 aliphatic carbocycles. The number of rotatable bonds is 5. The van der Waals surface area contributed by atoms with Crippen molar-refractivity contribution in [2.24, 2.45) is 5.92 Å². The minimum Gasteiger partial charge on any atom is -0.336 e. The summed E-state index contributed by atoms with van der Waals surface area (Å²) in [6.07, 6.45) is 6.79. The van der Waals surface area contributed by atoms with E-state index in [2.05, 4.69) is 17.5 Å². The largest absolute Gasteiger partial charge is 0.336 e. The molecule has 4 heteroatoms. The predicted molar refractivity (Wildman–Crippen MR) is 88.7 cm³/mol. The van der Waals surface area contributed by atoms with Crippen LogP contribution >= 0.6 is 0 Å². The number of carbonyl (C=O) groups is 2. The summed E-state index contributed by atoms with van der Waals surface area (Å²) in [6, 6.07) is 5.89. The number of hydrogen-bond donors (Lipinski definition) is 1. The van der Waals surface area contributed by atoms with Crippen molar-refractivity contribution in [1.29, 1.82) is 0 Å². The van der Waals surface area contributed by atoms with E-state index in [9.17, 15) is 9.59 Å². The van der Waals surface area contributed by atoms with E-state index in [1.807, 2.05) is 32.0 Å². The van der Waals surface area contributed by atoms with E-state index < -0.39 is 0 Å². The van der Waals surface area contributed by atoms with Crippen molar-refractivity contribution in [3.05, 3.63) is 41.5 Å². The van der Waals surface area contributed by atoms with E-state index in [0.717, 1.165) is 29.7 Å². The number of hydrogen-bond acceptors (Lipinski definition) is 2. The third kappa shape index (κ3) is 4.20. The van der Waals surface area contributed by atoms with Gasteiger partial charge < -0.3 is 10.2 Å². The fraction of sp³-hybridized carbons (Fsp3) is 0.444. The van der Waals surface area contributed by atoms with Crippen LogP contribution < -0.4 is 5.32 Å². The minimum atomic E-state index is -0.157. The minimum absolute atomic E-state index is 0.0215. The van der Waals surface area contributed by atoms with Crippen molar-refractivity contribution in [2.45, 2.75) is 33.1 Å². The molecule has 0 saturated heterocycles. The lowest BCUT2D eigenvalue weighted by Gasteiger charge is -2.19. The SMILES string of the molecule is Cc1cccc(C)c1NC(=O)CN(C)C(=O)C[C@@H]1C=CCC1. The van der Waals surface area contributed by atoms with Gasteiger partial charge in [-0.1, -0.05) is 30.4 Å². The van der Waals surface area contributed by atoms with Crippen LogP contribution in [0.15, 0.2) is 30.4 Å². The summed E-state index contributed by atoms with van der Waals surface area (Å²) in [5, 5.41) is 2.91. The zero-order valence-corrected chi connectivity index (χ0v) is 13.6. The Morgan fingerprint density at radius 1 is 1.27 bits per heavy atom. The number of amides is 2. The molecule has 1 atom stereocenters. The van der Waals surface area contributed by atoms with Crippen molar-refractivity contribution in [3.63, 3.8) is 0 Å². The first-order valence-electron chi connectivity index (χ1n) is 7.74. The van der Waals surface area contributed by atoms with Crippen molar-refractivity contribution in [2.75, 3.05) is 18.9 Å². The molecule has 0 unspecified atom stereocenters. The van der Waals surface area contributed by atoms with E-state index in [-0.39, 0.29) is 18.4 Å². The number of carbonyl (C=O) groups excluding carboxylic acids is 2. The third-order valence-electron chi connectivity index (χ3n) is 4.10. The molecule has 0 heterocycles. The van der Waals surface area contributed by atoms with Crippen molar-refractivity contribution in [1.82, 2.24) is 4.90 Å². The number of aryl methyl sites for hydroxylation is 2. The highest BCUT2D eigenvalue weighted by atomic mass is 16.2. The van der Waals surface area contributed by atoms with Gasteiger partial charge in [0.2, 0.25) is 11.8 Å². The van der Waals surface area contributed by atoms with Crippen molar-refractivity contribution < 1.29 is 9.59 Å². The molecule has 1 aliphatic rings. The maximum absolute atomic E-state index is 12.1. The van der Waals surface area contributed by atoms with Gasteiger partial charge in [-0.25, -0.2) is 0 Å². The van der Waals surface area contributed by atoms with Crippen LogP contribution in [-0.2, 0) is 9.59 Å². The molecule has 1 N–H and O–H groups in total. The first kappa shape index (κ1) is 16.3. The first-order chi connectivity index (χ1) is 10.5. The smallest absolute Gasteiger partial charge is 0.243 e. The first-order valence-corrected chi connectivity index (χ1v) is 7.74. The second-order valence-electron chi connectivity index (χ2n) is 6.03. The van der Waals surface area contributed by atoms with Crippen LogP contribution in [0.4, 0.5) is 5.69 Å². The summed E-state index contributed by atoms with van der Waals surface area (Å²) in [7, 11) is 1.69. The highest BCUT2D eigenvalue weighted by molar-refractivity contribution is 5.95. The Kier molecular flexibility index (Phi) is 5.36. The fourth-order valence-corrected chi connectivity index (χ4v) is 2.74. The Morgan fingerprint density at radius 2 is 1.95 bits per heavy atom. The molecule has 0 fully saturated rings. The van der Waals surface area contributed by atoms with Crippen LogP contribution in [0.25, 0.3) is 0 Å². The average molecular weight is 300 g/mol. The molecule has 2 amide bonds. The number of para-hydroxylation sites is 1.